The van der Waals surface area contributed by atoms with Gasteiger partial charge in [-0.15, -0.1) is 0 Å². The predicted octanol–water partition coefficient (Wildman–Crippen LogP) is 3.33. The molecule has 0 saturated heterocycles. The summed E-state index contributed by atoms with van der Waals surface area (Å²) in [5.41, 5.74) is 7.40. The number of rotatable bonds is 5. The van der Waals surface area contributed by atoms with E-state index >= 15 is 0 Å². The second-order valence-electron chi connectivity index (χ2n) is 6.26. The molecule has 1 saturated carbocycles. The number of hydrogen-bond acceptors (Lipinski definition) is 2. The largest absolute Gasteiger partial charge is 0.335 e. The molecule has 1 aromatic rings. The Balaban J connectivity index is 2.13. The first-order chi connectivity index (χ1) is 10.1. The highest BCUT2D eigenvalue weighted by Gasteiger charge is 2.33. The number of nitrogens with zero attached hydrogens (tertiary/aromatic N) is 1. The van der Waals surface area contributed by atoms with Crippen molar-refractivity contribution in [2.75, 3.05) is 0 Å². The fraction of sp³-hybridized carbons (Fsp3) is 0.611. The van der Waals surface area contributed by atoms with Gasteiger partial charge in [-0.05, 0) is 31.7 Å². The van der Waals surface area contributed by atoms with E-state index in [1.54, 1.807) is 0 Å². The van der Waals surface area contributed by atoms with Crippen LogP contribution >= 0.6 is 0 Å². The van der Waals surface area contributed by atoms with E-state index in [0.29, 0.717) is 6.54 Å². The lowest BCUT2D eigenvalue weighted by atomic mass is 9.83. The van der Waals surface area contributed by atoms with E-state index < -0.39 is 0 Å². The average molecular weight is 288 g/mol. The minimum Gasteiger partial charge on any atom is -0.335 e. The summed E-state index contributed by atoms with van der Waals surface area (Å²) >= 11 is 0. The van der Waals surface area contributed by atoms with Crippen LogP contribution in [0.3, 0.4) is 0 Å². The third kappa shape index (κ3) is 4.07. The van der Waals surface area contributed by atoms with Crippen LogP contribution in [-0.4, -0.2) is 22.9 Å². The van der Waals surface area contributed by atoms with Crippen LogP contribution in [0.5, 0.6) is 0 Å². The van der Waals surface area contributed by atoms with Gasteiger partial charge in [-0.1, -0.05) is 50.1 Å². The molecule has 0 aromatic heterocycles. The molecule has 0 bridgehead atoms. The van der Waals surface area contributed by atoms with Crippen LogP contribution in [0.4, 0.5) is 0 Å². The van der Waals surface area contributed by atoms with Gasteiger partial charge in [-0.2, -0.15) is 0 Å². The summed E-state index contributed by atoms with van der Waals surface area (Å²) in [5, 5.41) is 0. The summed E-state index contributed by atoms with van der Waals surface area (Å²) in [5.74, 6) is 0.261. The Bertz CT molecular complexity index is 446. The monoisotopic (exact) mass is 288 g/mol. The molecule has 1 aromatic carbocycles. The van der Waals surface area contributed by atoms with Crippen molar-refractivity contribution >= 4 is 5.91 Å². The number of hydrogen-bond donors (Lipinski definition) is 1. The van der Waals surface area contributed by atoms with Gasteiger partial charge in [-0.25, -0.2) is 0 Å². The van der Waals surface area contributed by atoms with Crippen LogP contribution in [0.2, 0.25) is 0 Å². The van der Waals surface area contributed by atoms with Crippen molar-refractivity contribution in [3.8, 4) is 0 Å². The maximum Gasteiger partial charge on any atom is 0.227 e. The molecule has 1 aliphatic rings. The van der Waals surface area contributed by atoms with Gasteiger partial charge in [0, 0.05) is 18.6 Å². The Kier molecular flexibility index (Phi) is 5.80. The first kappa shape index (κ1) is 16.0. The maximum atomic E-state index is 13.0. The normalized spacial score (nSPS) is 23.6. The zero-order chi connectivity index (χ0) is 15.2. The standard InChI is InChI=1S/C18H28N2O/c1-3-14(2)20(13-15-9-5-4-6-10-15)18(21)16-11-7-8-12-17(16)19/h4-6,9-10,14,16-17H,3,7-8,11-13,19H2,1-2H3. The second-order valence-corrected chi connectivity index (χ2v) is 6.26. The van der Waals surface area contributed by atoms with E-state index in [0.717, 1.165) is 32.1 Å². The van der Waals surface area contributed by atoms with E-state index in [1.807, 2.05) is 23.1 Å². The smallest absolute Gasteiger partial charge is 0.227 e. The van der Waals surface area contributed by atoms with Crippen LogP contribution in [0.1, 0.15) is 51.5 Å². The van der Waals surface area contributed by atoms with Crippen molar-refractivity contribution in [3.63, 3.8) is 0 Å². The minimum absolute atomic E-state index is 0.0106. The number of amides is 1. The lowest BCUT2D eigenvalue weighted by molar-refractivity contribution is -0.140. The van der Waals surface area contributed by atoms with Gasteiger partial charge in [0.2, 0.25) is 5.91 Å². The van der Waals surface area contributed by atoms with Crippen LogP contribution < -0.4 is 5.73 Å². The number of carbonyl (C=O) groups is 1. The quantitative estimate of drug-likeness (QED) is 0.903. The molecule has 1 fully saturated rings. The maximum absolute atomic E-state index is 13.0. The predicted molar refractivity (Wildman–Crippen MR) is 86.7 cm³/mol. The summed E-state index contributed by atoms with van der Waals surface area (Å²) in [6.45, 7) is 4.96. The summed E-state index contributed by atoms with van der Waals surface area (Å²) < 4.78 is 0. The van der Waals surface area contributed by atoms with Gasteiger partial charge >= 0.3 is 0 Å². The SMILES string of the molecule is CCC(C)N(Cc1ccccc1)C(=O)C1CCCCC1N. The molecule has 0 radical (unpaired) electrons. The van der Waals surface area contributed by atoms with Gasteiger partial charge in [0.1, 0.15) is 0 Å². The topological polar surface area (TPSA) is 46.3 Å². The molecule has 3 heteroatoms. The summed E-state index contributed by atoms with van der Waals surface area (Å²) in [6, 6.07) is 10.5. The molecule has 21 heavy (non-hydrogen) atoms. The average Bonchev–Trinajstić information content (AvgIpc) is 2.53. The van der Waals surface area contributed by atoms with Gasteiger partial charge < -0.3 is 10.6 Å². The van der Waals surface area contributed by atoms with Crippen molar-refractivity contribution in [2.24, 2.45) is 11.7 Å². The summed E-state index contributed by atoms with van der Waals surface area (Å²) in [7, 11) is 0. The van der Waals surface area contributed by atoms with Crippen molar-refractivity contribution < 1.29 is 4.79 Å². The zero-order valence-electron chi connectivity index (χ0n) is 13.3. The molecule has 1 aliphatic carbocycles. The first-order valence-corrected chi connectivity index (χ1v) is 8.23. The Morgan fingerprint density at radius 3 is 2.57 bits per heavy atom. The molecule has 3 nitrogen and oxygen atoms in total. The molecule has 0 heterocycles. The fourth-order valence-electron chi connectivity index (χ4n) is 3.13. The van der Waals surface area contributed by atoms with E-state index in [2.05, 4.69) is 26.0 Å². The molecular formula is C18H28N2O. The first-order valence-electron chi connectivity index (χ1n) is 8.23. The highest BCUT2D eigenvalue weighted by atomic mass is 16.2. The Labute approximate surface area is 128 Å². The van der Waals surface area contributed by atoms with E-state index in [9.17, 15) is 4.79 Å². The van der Waals surface area contributed by atoms with Gasteiger partial charge in [0.05, 0.1) is 5.92 Å². The highest BCUT2D eigenvalue weighted by Crippen LogP contribution is 2.26. The third-order valence-electron chi connectivity index (χ3n) is 4.74. The molecule has 3 atom stereocenters. The molecule has 3 unspecified atom stereocenters. The number of benzene rings is 1. The summed E-state index contributed by atoms with van der Waals surface area (Å²) in [6.07, 6.45) is 5.19. The molecule has 0 spiro atoms. The molecule has 1 amide bonds. The lowest BCUT2D eigenvalue weighted by Crippen LogP contribution is -2.48. The molecular weight excluding hydrogens is 260 g/mol. The van der Waals surface area contributed by atoms with Gasteiger partial charge in [-0.3, -0.25) is 4.79 Å². The Morgan fingerprint density at radius 2 is 1.95 bits per heavy atom. The third-order valence-corrected chi connectivity index (χ3v) is 4.74. The van der Waals surface area contributed by atoms with E-state index in [1.165, 1.54) is 5.56 Å². The van der Waals surface area contributed by atoms with Gasteiger partial charge in [0.25, 0.3) is 0 Å². The lowest BCUT2D eigenvalue weighted by Gasteiger charge is -2.36. The molecule has 116 valence electrons. The molecule has 0 aliphatic heterocycles. The van der Waals surface area contributed by atoms with E-state index in [-0.39, 0.29) is 23.9 Å². The minimum atomic E-state index is 0.0106. The molecule has 2 rings (SSSR count). The van der Waals surface area contributed by atoms with E-state index in [4.69, 9.17) is 5.73 Å². The van der Waals surface area contributed by atoms with Crippen molar-refractivity contribution in [3.05, 3.63) is 35.9 Å². The molecule has 2 N–H and O–H groups in total. The van der Waals surface area contributed by atoms with Crippen molar-refractivity contribution in [1.29, 1.82) is 0 Å². The van der Waals surface area contributed by atoms with Crippen LogP contribution in [-0.2, 0) is 11.3 Å². The van der Waals surface area contributed by atoms with Crippen LogP contribution in [0.25, 0.3) is 0 Å². The van der Waals surface area contributed by atoms with Crippen LogP contribution in [0.15, 0.2) is 30.3 Å². The Morgan fingerprint density at radius 1 is 1.29 bits per heavy atom. The van der Waals surface area contributed by atoms with Crippen molar-refractivity contribution in [1.82, 2.24) is 4.90 Å². The summed E-state index contributed by atoms with van der Waals surface area (Å²) in [4.78, 5) is 15.0. The second kappa shape index (κ2) is 7.60. The van der Waals surface area contributed by atoms with Crippen molar-refractivity contribution in [2.45, 2.75) is 64.6 Å². The Hall–Kier alpha value is -1.35. The van der Waals surface area contributed by atoms with Gasteiger partial charge in [0.15, 0.2) is 0 Å². The van der Waals surface area contributed by atoms with Crippen LogP contribution in [0, 0.1) is 5.92 Å². The fourth-order valence-corrected chi connectivity index (χ4v) is 3.13. The number of carbonyl (C=O) groups excluding carboxylic acids is 1. The number of nitrogens with two attached hydrogens (primary N) is 1. The highest BCUT2D eigenvalue weighted by molar-refractivity contribution is 5.80. The zero-order valence-corrected chi connectivity index (χ0v) is 13.3.